The van der Waals surface area contributed by atoms with Gasteiger partial charge in [-0.25, -0.2) is 4.79 Å². The lowest BCUT2D eigenvalue weighted by molar-refractivity contribution is -0.149. The number of nitrogens with zero attached hydrogens (tertiary/aromatic N) is 1. The second-order valence-electron chi connectivity index (χ2n) is 7.47. The number of esters is 1. The van der Waals surface area contributed by atoms with Crippen LogP contribution in [0.1, 0.15) is 33.3 Å². The summed E-state index contributed by atoms with van der Waals surface area (Å²) in [6, 6.07) is 6.07. The number of nitrogens with one attached hydrogen (secondary N) is 2. The molecule has 2 N–H and O–H groups in total. The lowest BCUT2D eigenvalue weighted by Gasteiger charge is -2.25. The van der Waals surface area contributed by atoms with Gasteiger partial charge in [0.1, 0.15) is 12.1 Å². The zero-order chi connectivity index (χ0) is 23.4. The van der Waals surface area contributed by atoms with E-state index in [4.69, 9.17) is 27.9 Å². The van der Waals surface area contributed by atoms with Crippen molar-refractivity contribution in [1.29, 1.82) is 0 Å². The summed E-state index contributed by atoms with van der Waals surface area (Å²) in [5.74, 6) is -0.436. The normalized spacial score (nSPS) is 12.7. The number of hydrogen-bond donors (Lipinski definition) is 2. The van der Waals surface area contributed by atoms with Crippen LogP contribution in [0.4, 0.5) is 5.69 Å². The smallest absolute Gasteiger partial charge is 0.328 e. The molecule has 2 amide bonds. The number of amides is 2. The molecule has 1 aromatic carbocycles. The molecule has 1 rings (SSSR count). The molecule has 0 spiro atoms. The fraction of sp³-hybridized carbons (Fsp3) is 0.591. The van der Waals surface area contributed by atoms with Crippen LogP contribution in [0.3, 0.4) is 0 Å². The van der Waals surface area contributed by atoms with Crippen LogP contribution >= 0.6 is 23.2 Å². The summed E-state index contributed by atoms with van der Waals surface area (Å²) in [4.78, 5) is 38.8. The molecule has 2 atom stereocenters. The van der Waals surface area contributed by atoms with E-state index in [1.807, 2.05) is 38.1 Å². The standard InChI is InChI=1S/C22H33Cl2N3O4/c1-5-31-22(30)20(15(2)3)26-21(29)19(25-16(4)28)14-17-6-8-18(9-7-17)27(12-10-23)13-11-24/h6-9,15,19-20H,5,10-14H2,1-4H3,(H,25,28)(H,26,29)/t19-,20-/m1/s1. The molecule has 0 unspecified atom stereocenters. The fourth-order valence-corrected chi connectivity index (χ4v) is 3.50. The average molecular weight is 474 g/mol. The van der Waals surface area contributed by atoms with Gasteiger partial charge >= 0.3 is 5.97 Å². The van der Waals surface area contributed by atoms with Crippen LogP contribution in [0.25, 0.3) is 0 Å². The van der Waals surface area contributed by atoms with E-state index < -0.39 is 24.0 Å². The minimum absolute atomic E-state index is 0.157. The summed E-state index contributed by atoms with van der Waals surface area (Å²) < 4.78 is 5.06. The Labute approximate surface area is 194 Å². The molecule has 0 saturated heterocycles. The van der Waals surface area contributed by atoms with Gasteiger partial charge in [-0.1, -0.05) is 26.0 Å². The van der Waals surface area contributed by atoms with Crippen LogP contribution in [0.2, 0.25) is 0 Å². The Morgan fingerprint density at radius 3 is 2.06 bits per heavy atom. The van der Waals surface area contributed by atoms with Crippen LogP contribution in [-0.4, -0.2) is 61.3 Å². The van der Waals surface area contributed by atoms with E-state index in [1.165, 1.54) is 6.92 Å². The Hall–Kier alpha value is -1.99. The van der Waals surface area contributed by atoms with Crippen LogP contribution < -0.4 is 15.5 Å². The summed E-state index contributed by atoms with van der Waals surface area (Å²) >= 11 is 11.7. The van der Waals surface area contributed by atoms with Gasteiger partial charge in [-0.2, -0.15) is 0 Å². The van der Waals surface area contributed by atoms with E-state index in [1.54, 1.807) is 6.92 Å². The molecule has 0 aliphatic carbocycles. The molecule has 0 aliphatic heterocycles. The zero-order valence-corrected chi connectivity index (χ0v) is 20.1. The van der Waals surface area contributed by atoms with E-state index in [0.717, 1.165) is 11.3 Å². The monoisotopic (exact) mass is 473 g/mol. The molecule has 0 aromatic heterocycles. The minimum atomic E-state index is -0.819. The maximum atomic E-state index is 12.9. The zero-order valence-electron chi connectivity index (χ0n) is 18.6. The van der Waals surface area contributed by atoms with E-state index in [-0.39, 0.29) is 24.9 Å². The Morgan fingerprint density at radius 2 is 1.61 bits per heavy atom. The second-order valence-corrected chi connectivity index (χ2v) is 8.23. The number of benzene rings is 1. The lowest BCUT2D eigenvalue weighted by Crippen LogP contribution is -2.54. The van der Waals surface area contributed by atoms with Gasteiger partial charge in [0.25, 0.3) is 0 Å². The van der Waals surface area contributed by atoms with Gasteiger partial charge in [0.15, 0.2) is 0 Å². The highest BCUT2D eigenvalue weighted by atomic mass is 35.5. The molecule has 7 nitrogen and oxygen atoms in total. The van der Waals surface area contributed by atoms with Crippen LogP contribution in [0.5, 0.6) is 0 Å². The first-order valence-corrected chi connectivity index (χ1v) is 11.5. The molecule has 0 bridgehead atoms. The van der Waals surface area contributed by atoms with Gasteiger partial charge in [0, 0.05) is 43.9 Å². The van der Waals surface area contributed by atoms with Crippen molar-refractivity contribution in [3.05, 3.63) is 29.8 Å². The molecular weight excluding hydrogens is 441 g/mol. The highest BCUT2D eigenvalue weighted by Gasteiger charge is 2.29. The van der Waals surface area contributed by atoms with E-state index in [0.29, 0.717) is 24.8 Å². The van der Waals surface area contributed by atoms with Crippen LogP contribution in [0, 0.1) is 5.92 Å². The number of alkyl halides is 2. The van der Waals surface area contributed by atoms with Gasteiger partial charge in [-0.3, -0.25) is 9.59 Å². The maximum absolute atomic E-state index is 12.9. The number of carbonyl (C=O) groups excluding carboxylic acids is 3. The molecule has 0 aliphatic rings. The molecule has 0 radical (unpaired) electrons. The van der Waals surface area contributed by atoms with Crippen molar-refractivity contribution in [2.24, 2.45) is 5.92 Å². The summed E-state index contributed by atoms with van der Waals surface area (Å²) in [7, 11) is 0. The van der Waals surface area contributed by atoms with Crippen LogP contribution in [0.15, 0.2) is 24.3 Å². The Morgan fingerprint density at radius 1 is 1.03 bits per heavy atom. The summed E-state index contributed by atoms with van der Waals surface area (Å²) in [6.45, 7) is 8.28. The molecule has 0 fully saturated rings. The molecule has 0 saturated carbocycles. The van der Waals surface area contributed by atoms with Crippen molar-refractivity contribution >= 4 is 46.7 Å². The Balaban J connectivity index is 2.95. The highest BCUT2D eigenvalue weighted by molar-refractivity contribution is 6.18. The summed E-state index contributed by atoms with van der Waals surface area (Å²) in [6.07, 6.45) is 0.282. The van der Waals surface area contributed by atoms with E-state index in [2.05, 4.69) is 15.5 Å². The number of halogens is 2. The van der Waals surface area contributed by atoms with Crippen molar-refractivity contribution in [1.82, 2.24) is 10.6 Å². The predicted octanol–water partition coefficient (Wildman–Crippen LogP) is 2.72. The molecular formula is C22H33Cl2N3O4. The van der Waals surface area contributed by atoms with Gasteiger partial charge in [-0.15, -0.1) is 23.2 Å². The first-order valence-electron chi connectivity index (χ1n) is 10.4. The third kappa shape index (κ3) is 9.35. The number of rotatable bonds is 13. The van der Waals surface area contributed by atoms with Crippen molar-refractivity contribution in [2.45, 2.75) is 46.2 Å². The third-order valence-corrected chi connectivity index (χ3v) is 4.99. The minimum Gasteiger partial charge on any atom is -0.464 e. The number of anilines is 1. The lowest BCUT2D eigenvalue weighted by atomic mass is 10.0. The number of hydrogen-bond acceptors (Lipinski definition) is 5. The maximum Gasteiger partial charge on any atom is 0.328 e. The summed E-state index contributed by atoms with van der Waals surface area (Å²) in [5, 5.41) is 5.40. The van der Waals surface area contributed by atoms with Gasteiger partial charge in [0.2, 0.25) is 11.8 Å². The molecule has 0 heterocycles. The first-order chi connectivity index (χ1) is 14.7. The van der Waals surface area contributed by atoms with Crippen molar-refractivity contribution in [2.75, 3.05) is 36.4 Å². The number of carbonyl (C=O) groups is 3. The van der Waals surface area contributed by atoms with E-state index >= 15 is 0 Å². The van der Waals surface area contributed by atoms with Gasteiger partial charge < -0.3 is 20.3 Å². The number of ether oxygens (including phenoxy) is 1. The quantitative estimate of drug-likeness (QED) is 0.339. The summed E-state index contributed by atoms with van der Waals surface area (Å²) in [5.41, 5.74) is 1.85. The Bertz CT molecular complexity index is 707. The fourth-order valence-electron chi connectivity index (χ4n) is 3.09. The SMILES string of the molecule is CCOC(=O)[C@H](NC(=O)[C@@H](Cc1ccc(N(CCCl)CCCl)cc1)NC(C)=O)C(C)C. The highest BCUT2D eigenvalue weighted by Crippen LogP contribution is 2.17. The molecule has 9 heteroatoms. The Kier molecular flexibility index (Phi) is 12.3. The van der Waals surface area contributed by atoms with Crippen LogP contribution in [-0.2, 0) is 25.5 Å². The predicted molar refractivity (Wildman–Crippen MR) is 125 cm³/mol. The van der Waals surface area contributed by atoms with Gasteiger partial charge in [-0.05, 0) is 30.5 Å². The molecule has 1 aromatic rings. The third-order valence-electron chi connectivity index (χ3n) is 4.65. The largest absolute Gasteiger partial charge is 0.464 e. The van der Waals surface area contributed by atoms with Crippen molar-refractivity contribution in [3.63, 3.8) is 0 Å². The average Bonchev–Trinajstić information content (AvgIpc) is 2.71. The second kappa shape index (κ2) is 14.1. The van der Waals surface area contributed by atoms with E-state index in [9.17, 15) is 14.4 Å². The van der Waals surface area contributed by atoms with Crippen molar-refractivity contribution in [3.8, 4) is 0 Å². The first kappa shape index (κ1) is 27.0. The molecule has 31 heavy (non-hydrogen) atoms. The topological polar surface area (TPSA) is 87.7 Å². The van der Waals surface area contributed by atoms with Crippen molar-refractivity contribution < 1.29 is 19.1 Å². The molecule has 174 valence electrons. The van der Waals surface area contributed by atoms with Gasteiger partial charge in [0.05, 0.1) is 6.61 Å².